The van der Waals surface area contributed by atoms with E-state index < -0.39 is 8.22 Å². The molecule has 0 saturated heterocycles. The van der Waals surface area contributed by atoms with Crippen LogP contribution in [0.1, 0.15) is 22.3 Å². The second kappa shape index (κ2) is 12.5. The topological polar surface area (TPSA) is 6.48 Å². The minimum Gasteiger partial charge on any atom is -0.257 e. The van der Waals surface area contributed by atoms with E-state index in [0.29, 0.717) is 0 Å². The molecule has 9 aromatic carbocycles. The van der Waals surface area contributed by atoms with Gasteiger partial charge < -0.3 is 0 Å². The summed E-state index contributed by atoms with van der Waals surface area (Å²) >= 11 is 0. The van der Waals surface area contributed by atoms with Crippen molar-refractivity contribution in [3.05, 3.63) is 198 Å². The Morgan fingerprint density at radius 3 is 0.887 bits per heavy atom. The molecular formula is C50H37N2P. The lowest BCUT2D eigenvalue weighted by atomic mass is 9.88. The molecule has 0 aromatic heterocycles. The molecule has 2 aliphatic heterocycles. The third-order valence-electron chi connectivity index (χ3n) is 11.5. The van der Waals surface area contributed by atoms with Crippen LogP contribution in [0.2, 0.25) is 0 Å². The highest BCUT2D eigenvalue weighted by molar-refractivity contribution is 7.60. The van der Waals surface area contributed by atoms with Gasteiger partial charge in [0.05, 0.1) is 8.22 Å². The maximum atomic E-state index is 2.81. The van der Waals surface area contributed by atoms with Crippen LogP contribution in [0.3, 0.4) is 0 Å². The van der Waals surface area contributed by atoms with Gasteiger partial charge in [0, 0.05) is 31.5 Å². The lowest BCUT2D eigenvalue weighted by Gasteiger charge is -2.39. The van der Waals surface area contributed by atoms with Crippen molar-refractivity contribution in [2.24, 2.45) is 0 Å². The highest BCUT2D eigenvalue weighted by Crippen LogP contribution is 2.54. The van der Waals surface area contributed by atoms with Crippen LogP contribution >= 0.6 is 8.22 Å². The smallest absolute Gasteiger partial charge is 0.0737 e. The van der Waals surface area contributed by atoms with Crippen molar-refractivity contribution in [3.63, 3.8) is 0 Å². The Morgan fingerprint density at radius 1 is 0.283 bits per heavy atom. The van der Waals surface area contributed by atoms with Crippen molar-refractivity contribution < 1.29 is 0 Å². The first kappa shape index (κ1) is 30.9. The van der Waals surface area contributed by atoms with Crippen molar-refractivity contribution in [1.29, 1.82) is 0 Å². The van der Waals surface area contributed by atoms with Gasteiger partial charge in [-0.1, -0.05) is 176 Å². The third kappa shape index (κ3) is 5.06. The van der Waals surface area contributed by atoms with Crippen LogP contribution in [0.25, 0.3) is 65.3 Å². The fraction of sp³-hybridized carbons (Fsp3) is 0.0800. The standard InChI is InChI=1S/C50H37N2P/c1-2-16-42(17-3-1)53(51-30-38-26-22-34-12-4-8-18-43(34)47(38)48-39(31-51)27-23-35-13-5-9-19-44(35)48)52-32-40-28-24-36-14-6-10-20-45(36)49(40)50-41(33-52)29-25-37-15-7-11-21-46(37)50/h1-29H,30-33H2. The SMILES string of the molecule is c1ccc(P(N2Cc3ccc4ccccc4c3-c3c(ccc4ccccc34)C2)N2Cc3ccc4ccccc4c3-c3c(ccc4ccccc34)C2)cc1. The van der Waals surface area contributed by atoms with Crippen LogP contribution < -0.4 is 5.30 Å². The molecule has 3 heteroatoms. The number of nitrogens with zero attached hydrogens (tertiary/aromatic N) is 2. The summed E-state index contributed by atoms with van der Waals surface area (Å²) in [6.45, 7) is 3.48. The van der Waals surface area contributed by atoms with Gasteiger partial charge in [-0.25, -0.2) is 0 Å². The molecule has 0 fully saturated rings. The van der Waals surface area contributed by atoms with Crippen LogP contribution in [0, 0.1) is 0 Å². The zero-order valence-electron chi connectivity index (χ0n) is 29.4. The second-order valence-electron chi connectivity index (χ2n) is 14.6. The minimum atomic E-state index is -0.930. The first-order valence-corrected chi connectivity index (χ1v) is 19.9. The second-order valence-corrected chi connectivity index (χ2v) is 16.8. The van der Waals surface area contributed by atoms with Gasteiger partial charge in [-0.3, -0.25) is 9.34 Å². The molecule has 0 spiro atoms. The third-order valence-corrected chi connectivity index (χ3v) is 13.9. The van der Waals surface area contributed by atoms with E-state index in [1.165, 1.54) is 92.9 Å². The highest BCUT2D eigenvalue weighted by Gasteiger charge is 2.35. The fourth-order valence-electron chi connectivity index (χ4n) is 9.21. The maximum Gasteiger partial charge on any atom is 0.0737 e. The van der Waals surface area contributed by atoms with E-state index in [1.54, 1.807) is 0 Å². The molecule has 53 heavy (non-hydrogen) atoms. The van der Waals surface area contributed by atoms with E-state index in [1.807, 2.05) is 0 Å². The number of benzene rings is 9. The molecular weight excluding hydrogens is 660 g/mol. The Labute approximate surface area is 311 Å². The van der Waals surface area contributed by atoms with E-state index in [4.69, 9.17) is 0 Å². The quantitative estimate of drug-likeness (QED) is 0.170. The molecule has 0 radical (unpaired) electrons. The van der Waals surface area contributed by atoms with Crippen molar-refractivity contribution in [2.75, 3.05) is 0 Å². The summed E-state index contributed by atoms with van der Waals surface area (Å²) in [5.74, 6) is 0. The largest absolute Gasteiger partial charge is 0.257 e. The zero-order chi connectivity index (χ0) is 34.9. The van der Waals surface area contributed by atoms with E-state index in [2.05, 4.69) is 185 Å². The molecule has 11 rings (SSSR count). The van der Waals surface area contributed by atoms with E-state index in [0.717, 1.165) is 26.2 Å². The lowest BCUT2D eigenvalue weighted by Crippen LogP contribution is -2.32. The number of hydrogen-bond acceptors (Lipinski definition) is 2. The Hall–Kier alpha value is -5.63. The monoisotopic (exact) mass is 696 g/mol. The Balaban J connectivity index is 1.15. The molecule has 0 unspecified atom stereocenters. The Bertz CT molecular complexity index is 2530. The van der Waals surface area contributed by atoms with Gasteiger partial charge in [0.25, 0.3) is 0 Å². The maximum absolute atomic E-state index is 2.81. The van der Waals surface area contributed by atoms with Gasteiger partial charge in [0.2, 0.25) is 0 Å². The predicted molar refractivity (Wildman–Crippen MR) is 225 cm³/mol. The lowest BCUT2D eigenvalue weighted by molar-refractivity contribution is 0.375. The summed E-state index contributed by atoms with van der Waals surface area (Å²) in [5.41, 5.74) is 11.2. The van der Waals surface area contributed by atoms with Gasteiger partial charge in [-0.05, 0) is 87.6 Å². The highest BCUT2D eigenvalue weighted by atomic mass is 31.1. The number of fused-ring (bicyclic) bond motifs is 14. The summed E-state index contributed by atoms with van der Waals surface area (Å²) in [4.78, 5) is 0. The molecule has 0 bridgehead atoms. The average Bonchev–Trinajstić information content (AvgIpc) is 3.50. The van der Waals surface area contributed by atoms with Crippen LogP contribution in [0.5, 0.6) is 0 Å². The van der Waals surface area contributed by atoms with Crippen molar-refractivity contribution in [3.8, 4) is 22.3 Å². The molecule has 2 aliphatic rings. The predicted octanol–water partition coefficient (Wildman–Crippen LogP) is 12.6. The molecule has 9 aromatic rings. The van der Waals surface area contributed by atoms with Crippen LogP contribution in [-0.4, -0.2) is 9.34 Å². The molecule has 0 atom stereocenters. The van der Waals surface area contributed by atoms with Crippen molar-refractivity contribution in [1.82, 2.24) is 9.34 Å². The van der Waals surface area contributed by atoms with Crippen molar-refractivity contribution >= 4 is 56.6 Å². The molecule has 0 N–H and O–H groups in total. The summed E-state index contributed by atoms with van der Waals surface area (Å²) in [5, 5.41) is 11.9. The average molecular weight is 697 g/mol. The Morgan fingerprint density at radius 2 is 0.566 bits per heavy atom. The van der Waals surface area contributed by atoms with Crippen molar-refractivity contribution in [2.45, 2.75) is 26.2 Å². The van der Waals surface area contributed by atoms with Gasteiger partial charge in [-0.2, -0.15) is 0 Å². The number of rotatable bonds is 3. The van der Waals surface area contributed by atoms with E-state index >= 15 is 0 Å². The molecule has 2 nitrogen and oxygen atoms in total. The molecule has 0 aliphatic carbocycles. The first-order chi connectivity index (χ1) is 26.3. The van der Waals surface area contributed by atoms with Crippen LogP contribution in [-0.2, 0) is 26.2 Å². The minimum absolute atomic E-state index is 0.870. The molecule has 252 valence electrons. The first-order valence-electron chi connectivity index (χ1n) is 18.7. The van der Waals surface area contributed by atoms with Gasteiger partial charge in [-0.15, -0.1) is 0 Å². The van der Waals surface area contributed by atoms with Crippen LogP contribution in [0.4, 0.5) is 0 Å². The van der Waals surface area contributed by atoms with Gasteiger partial charge in [0.1, 0.15) is 0 Å². The van der Waals surface area contributed by atoms with Crippen LogP contribution in [0.15, 0.2) is 176 Å². The van der Waals surface area contributed by atoms with E-state index in [9.17, 15) is 0 Å². The summed E-state index contributed by atoms with van der Waals surface area (Å²) in [6.07, 6.45) is 0. The normalized spacial score (nSPS) is 14.5. The van der Waals surface area contributed by atoms with Gasteiger partial charge in [0.15, 0.2) is 0 Å². The molecule has 0 saturated carbocycles. The molecule has 0 amide bonds. The zero-order valence-corrected chi connectivity index (χ0v) is 30.3. The fourth-order valence-corrected chi connectivity index (χ4v) is 11.8. The summed E-state index contributed by atoms with van der Waals surface area (Å²) in [7, 11) is -0.930. The Kier molecular flexibility index (Phi) is 7.30. The summed E-state index contributed by atoms with van der Waals surface area (Å²) in [6, 6.07) is 66.1. The number of hydrogen-bond donors (Lipinski definition) is 0. The van der Waals surface area contributed by atoms with E-state index in [-0.39, 0.29) is 0 Å². The summed E-state index contributed by atoms with van der Waals surface area (Å²) < 4.78 is 5.62. The van der Waals surface area contributed by atoms with Gasteiger partial charge >= 0.3 is 0 Å². The molecule has 2 heterocycles.